The van der Waals surface area contributed by atoms with Gasteiger partial charge in [-0.05, 0) is 25.0 Å². The predicted octanol–water partition coefficient (Wildman–Crippen LogP) is 1.33. The van der Waals surface area contributed by atoms with Crippen molar-refractivity contribution in [3.8, 4) is 5.75 Å². The summed E-state index contributed by atoms with van der Waals surface area (Å²) in [6, 6.07) is 7.17. The van der Waals surface area contributed by atoms with Gasteiger partial charge in [0.15, 0.2) is 0 Å². The zero-order valence-corrected chi connectivity index (χ0v) is 7.27. The molecule has 2 rings (SSSR count). The maximum absolute atomic E-state index is 9.42. The van der Waals surface area contributed by atoms with E-state index in [0.717, 1.165) is 12.8 Å². The van der Waals surface area contributed by atoms with E-state index in [0.29, 0.717) is 5.69 Å². The molecule has 2 atom stereocenters. The molecule has 1 fully saturated rings. The second-order valence-corrected chi connectivity index (χ2v) is 3.41. The molecule has 1 aliphatic rings. The molecule has 0 unspecified atom stereocenters. The van der Waals surface area contributed by atoms with Gasteiger partial charge in [0.2, 0.25) is 0 Å². The van der Waals surface area contributed by atoms with E-state index in [4.69, 9.17) is 0 Å². The third-order valence-corrected chi connectivity index (χ3v) is 2.48. The van der Waals surface area contributed by atoms with Crippen LogP contribution in [0.2, 0.25) is 0 Å². The first-order valence-electron chi connectivity index (χ1n) is 4.50. The number of aliphatic hydroxyl groups is 1. The smallest absolute Gasteiger partial charge is 0.138 e. The fourth-order valence-corrected chi connectivity index (χ4v) is 1.45. The molecule has 0 bridgehead atoms. The number of hydrogen-bond acceptors (Lipinski definition) is 3. The van der Waals surface area contributed by atoms with Crippen LogP contribution in [0.5, 0.6) is 5.75 Å². The first kappa shape index (κ1) is 8.38. The van der Waals surface area contributed by atoms with Crippen molar-refractivity contribution in [3.05, 3.63) is 24.3 Å². The van der Waals surface area contributed by atoms with Crippen LogP contribution in [0.15, 0.2) is 24.3 Å². The third kappa shape index (κ3) is 1.60. The Hall–Kier alpha value is -1.22. The van der Waals surface area contributed by atoms with Crippen LogP contribution < -0.4 is 5.32 Å². The summed E-state index contributed by atoms with van der Waals surface area (Å²) in [5.41, 5.74) is 0.700. The van der Waals surface area contributed by atoms with E-state index in [2.05, 4.69) is 5.32 Å². The molecule has 3 heteroatoms. The Labute approximate surface area is 77.0 Å². The Morgan fingerprint density at radius 3 is 2.54 bits per heavy atom. The molecule has 0 amide bonds. The van der Waals surface area contributed by atoms with E-state index in [1.807, 2.05) is 6.07 Å². The molecule has 0 spiro atoms. The fourth-order valence-electron chi connectivity index (χ4n) is 1.45. The Kier molecular flexibility index (Phi) is 2.10. The topological polar surface area (TPSA) is 52.5 Å². The highest BCUT2D eigenvalue weighted by atomic mass is 16.3. The van der Waals surface area contributed by atoms with Crippen molar-refractivity contribution in [1.82, 2.24) is 0 Å². The normalized spacial score (nSPS) is 26.5. The molecule has 3 nitrogen and oxygen atoms in total. The van der Waals surface area contributed by atoms with Crippen molar-refractivity contribution in [1.29, 1.82) is 0 Å². The van der Waals surface area contributed by atoms with Crippen LogP contribution in [0.25, 0.3) is 0 Å². The van der Waals surface area contributed by atoms with Gasteiger partial charge in [0, 0.05) is 0 Å². The molecule has 1 aromatic rings. The number of rotatable bonds is 2. The molecule has 0 aliphatic heterocycles. The largest absolute Gasteiger partial charge is 0.506 e. The van der Waals surface area contributed by atoms with Crippen molar-refractivity contribution >= 4 is 5.69 Å². The molecule has 13 heavy (non-hydrogen) atoms. The lowest BCUT2D eigenvalue weighted by Gasteiger charge is -2.33. The van der Waals surface area contributed by atoms with Crippen molar-refractivity contribution in [2.45, 2.75) is 25.0 Å². The summed E-state index contributed by atoms with van der Waals surface area (Å²) < 4.78 is 0. The number of nitrogens with one attached hydrogen (secondary N) is 1. The highest BCUT2D eigenvalue weighted by Crippen LogP contribution is 2.28. The SMILES string of the molecule is Oc1ccccc1N[C@@H]1CC[C@H]1O. The number of phenols is 1. The van der Waals surface area contributed by atoms with Crippen LogP contribution in [-0.2, 0) is 0 Å². The highest BCUT2D eigenvalue weighted by molar-refractivity contribution is 5.56. The Morgan fingerprint density at radius 2 is 2.00 bits per heavy atom. The maximum Gasteiger partial charge on any atom is 0.138 e. The van der Waals surface area contributed by atoms with Gasteiger partial charge in [-0.3, -0.25) is 0 Å². The van der Waals surface area contributed by atoms with Gasteiger partial charge in [0.05, 0.1) is 17.8 Å². The summed E-state index contributed by atoms with van der Waals surface area (Å²) in [6.45, 7) is 0. The minimum absolute atomic E-state index is 0.105. The molecule has 0 heterocycles. The third-order valence-electron chi connectivity index (χ3n) is 2.48. The van der Waals surface area contributed by atoms with E-state index in [1.165, 1.54) is 0 Å². The first-order valence-corrected chi connectivity index (χ1v) is 4.50. The molecular weight excluding hydrogens is 166 g/mol. The van der Waals surface area contributed by atoms with Gasteiger partial charge in [0.25, 0.3) is 0 Å². The number of para-hydroxylation sites is 2. The lowest BCUT2D eigenvalue weighted by atomic mass is 9.89. The second-order valence-electron chi connectivity index (χ2n) is 3.41. The Morgan fingerprint density at radius 1 is 1.23 bits per heavy atom. The van der Waals surface area contributed by atoms with Crippen LogP contribution in [0.3, 0.4) is 0 Å². The molecule has 3 N–H and O–H groups in total. The van der Waals surface area contributed by atoms with Crippen LogP contribution in [0.4, 0.5) is 5.69 Å². The van der Waals surface area contributed by atoms with E-state index in [9.17, 15) is 10.2 Å². The number of benzene rings is 1. The summed E-state index contributed by atoms with van der Waals surface area (Å²) in [5, 5.41) is 21.8. The standard InChI is InChI=1S/C10H13NO2/c12-9-4-2-1-3-7(9)11-8-5-6-10(8)13/h1-4,8,10-13H,5-6H2/t8-,10-/m1/s1. The Balaban J connectivity index is 2.05. The second kappa shape index (κ2) is 3.26. The van der Waals surface area contributed by atoms with Gasteiger partial charge in [-0.1, -0.05) is 12.1 Å². The summed E-state index contributed by atoms with van der Waals surface area (Å²) >= 11 is 0. The highest BCUT2D eigenvalue weighted by Gasteiger charge is 2.28. The number of aliphatic hydroxyl groups excluding tert-OH is 1. The lowest BCUT2D eigenvalue weighted by molar-refractivity contribution is 0.0785. The molecule has 0 aromatic heterocycles. The van der Waals surface area contributed by atoms with Crippen LogP contribution in [0, 0.1) is 0 Å². The number of anilines is 1. The minimum atomic E-state index is -0.264. The molecule has 70 valence electrons. The summed E-state index contributed by atoms with van der Waals surface area (Å²) in [7, 11) is 0. The summed E-state index contributed by atoms with van der Waals surface area (Å²) in [5.74, 6) is 0.238. The zero-order valence-electron chi connectivity index (χ0n) is 7.27. The van der Waals surface area contributed by atoms with Gasteiger partial charge in [0.1, 0.15) is 5.75 Å². The van der Waals surface area contributed by atoms with Gasteiger partial charge in [-0.15, -0.1) is 0 Å². The van der Waals surface area contributed by atoms with E-state index in [-0.39, 0.29) is 17.9 Å². The lowest BCUT2D eigenvalue weighted by Crippen LogP contribution is -2.42. The number of aromatic hydroxyl groups is 1. The van der Waals surface area contributed by atoms with Crippen LogP contribution in [0.1, 0.15) is 12.8 Å². The first-order chi connectivity index (χ1) is 6.27. The van der Waals surface area contributed by atoms with Crippen molar-refractivity contribution in [2.24, 2.45) is 0 Å². The van der Waals surface area contributed by atoms with E-state index in [1.54, 1.807) is 18.2 Å². The van der Waals surface area contributed by atoms with Crippen LogP contribution >= 0.6 is 0 Å². The van der Waals surface area contributed by atoms with Crippen molar-refractivity contribution in [2.75, 3.05) is 5.32 Å². The van der Waals surface area contributed by atoms with Crippen molar-refractivity contribution < 1.29 is 10.2 Å². The summed E-state index contributed by atoms with van der Waals surface area (Å²) in [6.07, 6.45) is 1.56. The van der Waals surface area contributed by atoms with Gasteiger partial charge in [-0.2, -0.15) is 0 Å². The van der Waals surface area contributed by atoms with E-state index < -0.39 is 0 Å². The van der Waals surface area contributed by atoms with Gasteiger partial charge in [-0.25, -0.2) is 0 Å². The van der Waals surface area contributed by atoms with Gasteiger partial charge >= 0.3 is 0 Å². The number of phenolic OH excluding ortho intramolecular Hbond substituents is 1. The molecule has 1 saturated carbocycles. The molecule has 1 aliphatic carbocycles. The number of hydrogen-bond donors (Lipinski definition) is 3. The fraction of sp³-hybridized carbons (Fsp3) is 0.400. The van der Waals surface area contributed by atoms with Crippen LogP contribution in [-0.4, -0.2) is 22.4 Å². The quantitative estimate of drug-likeness (QED) is 0.600. The van der Waals surface area contributed by atoms with E-state index >= 15 is 0 Å². The summed E-state index contributed by atoms with van der Waals surface area (Å²) in [4.78, 5) is 0. The average Bonchev–Trinajstić information content (AvgIpc) is 2.14. The maximum atomic E-state index is 9.42. The monoisotopic (exact) mass is 179 g/mol. The zero-order chi connectivity index (χ0) is 9.26. The molecule has 0 radical (unpaired) electrons. The van der Waals surface area contributed by atoms with Gasteiger partial charge < -0.3 is 15.5 Å². The van der Waals surface area contributed by atoms with Crippen molar-refractivity contribution in [3.63, 3.8) is 0 Å². The molecule has 0 saturated heterocycles. The predicted molar refractivity (Wildman–Crippen MR) is 50.8 cm³/mol. The molecular formula is C10H13NO2. The average molecular weight is 179 g/mol. The minimum Gasteiger partial charge on any atom is -0.506 e. The molecule has 1 aromatic carbocycles. The Bertz CT molecular complexity index is 301.